The Hall–Kier alpha value is -3.03. The van der Waals surface area contributed by atoms with Crippen molar-refractivity contribution in [2.45, 2.75) is 33.9 Å². The lowest BCUT2D eigenvalue weighted by atomic mass is 10.1. The van der Waals surface area contributed by atoms with Crippen LogP contribution >= 0.6 is 0 Å². The number of carbonyl (C=O) groups is 1. The molecule has 0 radical (unpaired) electrons. The summed E-state index contributed by atoms with van der Waals surface area (Å²) < 4.78 is 7.23. The lowest BCUT2D eigenvalue weighted by Gasteiger charge is -2.34. The van der Waals surface area contributed by atoms with Crippen molar-refractivity contribution in [3.8, 4) is 5.69 Å². The van der Waals surface area contributed by atoms with Crippen LogP contribution in [0.25, 0.3) is 5.69 Å². The minimum Gasteiger partial charge on any atom is -0.462 e. The third-order valence-corrected chi connectivity index (χ3v) is 5.91. The SMILES string of the molecule is CCOC(=O)c1cnn(-c2cc(C)ccc2C)c1CN1CCN(Cc2ccccn2)CC1. The lowest BCUT2D eigenvalue weighted by molar-refractivity contribution is 0.0522. The maximum absolute atomic E-state index is 12.6. The summed E-state index contributed by atoms with van der Waals surface area (Å²) in [5.41, 5.74) is 5.81. The van der Waals surface area contributed by atoms with Gasteiger partial charge in [0.1, 0.15) is 5.56 Å². The Labute approximate surface area is 189 Å². The fraction of sp³-hybridized carbons (Fsp3) is 0.400. The number of carbonyl (C=O) groups excluding carboxylic acids is 1. The van der Waals surface area contributed by atoms with E-state index < -0.39 is 0 Å². The molecule has 0 N–H and O–H groups in total. The molecule has 7 nitrogen and oxygen atoms in total. The summed E-state index contributed by atoms with van der Waals surface area (Å²) in [5, 5.41) is 4.60. The predicted octanol–water partition coefficient (Wildman–Crippen LogP) is 3.38. The number of pyridine rings is 1. The zero-order valence-corrected chi connectivity index (χ0v) is 19.1. The van der Waals surface area contributed by atoms with E-state index in [1.165, 1.54) is 0 Å². The van der Waals surface area contributed by atoms with Gasteiger partial charge in [0.25, 0.3) is 0 Å². The molecule has 3 aromatic rings. The van der Waals surface area contributed by atoms with E-state index in [1.807, 2.05) is 29.9 Å². The number of esters is 1. The zero-order valence-electron chi connectivity index (χ0n) is 19.1. The molecule has 7 heteroatoms. The average molecular weight is 434 g/mol. The molecule has 0 atom stereocenters. The average Bonchev–Trinajstić information content (AvgIpc) is 3.21. The summed E-state index contributed by atoms with van der Waals surface area (Å²) in [6, 6.07) is 12.4. The van der Waals surface area contributed by atoms with E-state index in [4.69, 9.17) is 4.74 Å². The van der Waals surface area contributed by atoms with Gasteiger partial charge in [-0.15, -0.1) is 0 Å². The number of benzene rings is 1. The van der Waals surface area contributed by atoms with E-state index in [0.29, 0.717) is 18.7 Å². The Balaban J connectivity index is 1.52. The topological polar surface area (TPSA) is 63.5 Å². The first-order valence-corrected chi connectivity index (χ1v) is 11.2. The Morgan fingerprint density at radius 1 is 1.03 bits per heavy atom. The van der Waals surface area contributed by atoms with Crippen molar-refractivity contribution >= 4 is 5.97 Å². The normalized spacial score (nSPS) is 15.1. The summed E-state index contributed by atoms with van der Waals surface area (Å²) in [6.07, 6.45) is 3.49. The zero-order chi connectivity index (χ0) is 22.5. The van der Waals surface area contributed by atoms with Gasteiger partial charge >= 0.3 is 5.97 Å². The maximum Gasteiger partial charge on any atom is 0.341 e. The van der Waals surface area contributed by atoms with Crippen LogP contribution in [0.4, 0.5) is 0 Å². The second-order valence-corrected chi connectivity index (χ2v) is 8.30. The Morgan fingerprint density at radius 2 is 1.78 bits per heavy atom. The molecule has 0 saturated carbocycles. The van der Waals surface area contributed by atoms with Crippen LogP contribution in [0.15, 0.2) is 48.8 Å². The van der Waals surface area contributed by atoms with Gasteiger partial charge in [0.05, 0.1) is 29.9 Å². The molecule has 0 spiro atoms. The van der Waals surface area contributed by atoms with Gasteiger partial charge < -0.3 is 4.74 Å². The number of nitrogens with zero attached hydrogens (tertiary/aromatic N) is 5. The van der Waals surface area contributed by atoms with E-state index in [0.717, 1.165) is 60.9 Å². The van der Waals surface area contributed by atoms with Crippen LogP contribution in [0.1, 0.15) is 39.8 Å². The minimum absolute atomic E-state index is 0.312. The highest BCUT2D eigenvalue weighted by Crippen LogP contribution is 2.22. The van der Waals surface area contributed by atoms with Crippen molar-refractivity contribution in [2.24, 2.45) is 0 Å². The van der Waals surface area contributed by atoms with Gasteiger partial charge in [0, 0.05) is 45.5 Å². The molecule has 1 saturated heterocycles. The Kier molecular flexibility index (Phi) is 6.97. The first-order chi connectivity index (χ1) is 15.5. The minimum atomic E-state index is -0.312. The predicted molar refractivity (Wildman–Crippen MR) is 124 cm³/mol. The van der Waals surface area contributed by atoms with Gasteiger partial charge in [-0.25, -0.2) is 9.48 Å². The number of piperazine rings is 1. The quantitative estimate of drug-likeness (QED) is 0.533. The van der Waals surface area contributed by atoms with E-state index in [2.05, 4.69) is 58.0 Å². The molecule has 0 unspecified atom stereocenters. The smallest absolute Gasteiger partial charge is 0.341 e. The molecule has 1 fully saturated rings. The van der Waals surface area contributed by atoms with Crippen LogP contribution < -0.4 is 0 Å². The number of hydrogen-bond donors (Lipinski definition) is 0. The maximum atomic E-state index is 12.6. The van der Waals surface area contributed by atoms with E-state index in [1.54, 1.807) is 6.20 Å². The molecule has 1 aliphatic rings. The highest BCUT2D eigenvalue weighted by molar-refractivity contribution is 5.90. The lowest BCUT2D eigenvalue weighted by Crippen LogP contribution is -2.45. The summed E-state index contributed by atoms with van der Waals surface area (Å²) in [4.78, 5) is 21.9. The molecular weight excluding hydrogens is 402 g/mol. The second-order valence-electron chi connectivity index (χ2n) is 8.30. The summed E-state index contributed by atoms with van der Waals surface area (Å²) in [7, 11) is 0. The van der Waals surface area contributed by atoms with Gasteiger partial charge in [0.15, 0.2) is 0 Å². The summed E-state index contributed by atoms with van der Waals surface area (Å²) in [5.74, 6) is -0.312. The van der Waals surface area contributed by atoms with Crippen LogP contribution in [0, 0.1) is 13.8 Å². The first-order valence-electron chi connectivity index (χ1n) is 11.2. The Bertz CT molecular complexity index is 1060. The third kappa shape index (κ3) is 5.06. The number of aryl methyl sites for hydroxylation is 2. The first kappa shape index (κ1) is 22.2. The van der Waals surface area contributed by atoms with Gasteiger partial charge in [-0.05, 0) is 50.1 Å². The molecular formula is C25H31N5O2. The largest absolute Gasteiger partial charge is 0.462 e. The van der Waals surface area contributed by atoms with Gasteiger partial charge in [-0.1, -0.05) is 18.2 Å². The molecule has 2 aromatic heterocycles. The molecule has 168 valence electrons. The van der Waals surface area contributed by atoms with Gasteiger partial charge in [-0.3, -0.25) is 14.8 Å². The van der Waals surface area contributed by atoms with Crippen LogP contribution in [-0.4, -0.2) is 63.3 Å². The van der Waals surface area contributed by atoms with Crippen molar-refractivity contribution in [1.29, 1.82) is 0 Å². The van der Waals surface area contributed by atoms with Crippen molar-refractivity contribution in [3.63, 3.8) is 0 Å². The monoisotopic (exact) mass is 433 g/mol. The van der Waals surface area contributed by atoms with Crippen LogP contribution in [0.2, 0.25) is 0 Å². The van der Waals surface area contributed by atoms with Crippen molar-refractivity contribution in [1.82, 2.24) is 24.6 Å². The Morgan fingerprint density at radius 3 is 2.47 bits per heavy atom. The van der Waals surface area contributed by atoms with E-state index in [9.17, 15) is 4.79 Å². The molecule has 32 heavy (non-hydrogen) atoms. The summed E-state index contributed by atoms with van der Waals surface area (Å²) in [6.45, 7) is 11.6. The fourth-order valence-corrected chi connectivity index (χ4v) is 4.10. The second kappa shape index (κ2) is 10.1. The molecule has 0 amide bonds. The van der Waals surface area contributed by atoms with Crippen molar-refractivity contribution < 1.29 is 9.53 Å². The molecule has 1 aromatic carbocycles. The summed E-state index contributed by atoms with van der Waals surface area (Å²) >= 11 is 0. The van der Waals surface area contributed by atoms with Crippen LogP contribution in [-0.2, 0) is 17.8 Å². The number of aromatic nitrogens is 3. The fourth-order valence-electron chi connectivity index (χ4n) is 4.10. The van der Waals surface area contributed by atoms with Gasteiger partial charge in [-0.2, -0.15) is 5.10 Å². The molecule has 1 aliphatic heterocycles. The van der Waals surface area contributed by atoms with Crippen LogP contribution in [0.5, 0.6) is 0 Å². The van der Waals surface area contributed by atoms with E-state index in [-0.39, 0.29) is 5.97 Å². The van der Waals surface area contributed by atoms with Crippen LogP contribution in [0.3, 0.4) is 0 Å². The van der Waals surface area contributed by atoms with E-state index >= 15 is 0 Å². The molecule has 3 heterocycles. The molecule has 4 rings (SSSR count). The number of hydrogen-bond acceptors (Lipinski definition) is 6. The standard InChI is InChI=1S/C25H31N5O2/c1-4-32-25(31)22-16-27-30(23-15-19(2)8-9-20(23)3)24(22)18-29-13-11-28(12-14-29)17-21-7-5-6-10-26-21/h5-10,15-16H,4,11-14,17-18H2,1-3H3. The van der Waals surface area contributed by atoms with Crippen molar-refractivity contribution in [3.05, 3.63) is 76.9 Å². The number of ether oxygens (including phenoxy) is 1. The molecule has 0 aliphatic carbocycles. The molecule has 0 bridgehead atoms. The van der Waals surface area contributed by atoms with Gasteiger partial charge in [0.2, 0.25) is 0 Å². The highest BCUT2D eigenvalue weighted by atomic mass is 16.5. The van der Waals surface area contributed by atoms with Crippen molar-refractivity contribution in [2.75, 3.05) is 32.8 Å². The number of rotatable bonds is 7. The third-order valence-electron chi connectivity index (χ3n) is 5.91. The highest BCUT2D eigenvalue weighted by Gasteiger charge is 2.24.